The molecule has 2 rings (SSSR count). The van der Waals surface area contributed by atoms with E-state index in [9.17, 15) is 4.79 Å². The molecule has 0 spiro atoms. The predicted molar refractivity (Wildman–Crippen MR) is 75.2 cm³/mol. The molecule has 1 heterocycles. The first-order valence-corrected chi connectivity index (χ1v) is 6.84. The smallest absolute Gasteiger partial charge is 0.237 e. The summed E-state index contributed by atoms with van der Waals surface area (Å²) in [5.74, 6) is 0.713. The minimum absolute atomic E-state index is 0.294. The van der Waals surface area contributed by atoms with Crippen LogP contribution in [0.1, 0.15) is 31.4 Å². The van der Waals surface area contributed by atoms with Gasteiger partial charge in [0.25, 0.3) is 0 Å². The van der Waals surface area contributed by atoms with E-state index in [-0.39, 0.29) is 5.91 Å². The maximum Gasteiger partial charge on any atom is 0.237 e. The van der Waals surface area contributed by atoms with E-state index in [4.69, 9.17) is 10.5 Å². The van der Waals surface area contributed by atoms with E-state index < -0.39 is 5.54 Å². The summed E-state index contributed by atoms with van der Waals surface area (Å²) in [5, 5.41) is 3.26. The zero-order valence-corrected chi connectivity index (χ0v) is 11.7. The normalized spacial score (nSPS) is 16.5. The lowest BCUT2D eigenvalue weighted by Crippen LogP contribution is -2.53. The fourth-order valence-electron chi connectivity index (χ4n) is 2.26. The molecule has 0 saturated heterocycles. The molecule has 1 unspecified atom stereocenters. The van der Waals surface area contributed by atoms with Crippen molar-refractivity contribution in [3.05, 3.63) is 29.3 Å². The average Bonchev–Trinajstić information content (AvgIpc) is 2.85. The second-order valence-electron chi connectivity index (χ2n) is 5.27. The highest BCUT2D eigenvalue weighted by molar-refractivity contribution is 5.84. The largest absolute Gasteiger partial charge is 0.493 e. The number of ether oxygens (including phenoxy) is 1. The van der Waals surface area contributed by atoms with Crippen LogP contribution in [0.4, 0.5) is 0 Å². The van der Waals surface area contributed by atoms with Crippen molar-refractivity contribution in [2.75, 3.05) is 13.2 Å². The van der Waals surface area contributed by atoms with E-state index >= 15 is 0 Å². The van der Waals surface area contributed by atoms with Crippen LogP contribution in [0.2, 0.25) is 0 Å². The van der Waals surface area contributed by atoms with Gasteiger partial charge in [0.2, 0.25) is 5.91 Å². The number of hydrogen-bond donors (Lipinski definition) is 2. The van der Waals surface area contributed by atoms with Crippen molar-refractivity contribution in [2.24, 2.45) is 5.73 Å². The van der Waals surface area contributed by atoms with E-state index in [0.717, 1.165) is 31.7 Å². The van der Waals surface area contributed by atoms with Crippen LogP contribution in [0.15, 0.2) is 18.2 Å². The topological polar surface area (TPSA) is 64.3 Å². The minimum Gasteiger partial charge on any atom is -0.493 e. The van der Waals surface area contributed by atoms with Gasteiger partial charge >= 0.3 is 0 Å². The second kappa shape index (κ2) is 5.61. The third-order valence-electron chi connectivity index (χ3n) is 3.93. The van der Waals surface area contributed by atoms with Crippen molar-refractivity contribution in [1.82, 2.24) is 5.32 Å². The van der Waals surface area contributed by atoms with E-state index in [0.29, 0.717) is 6.42 Å². The van der Waals surface area contributed by atoms with Crippen LogP contribution in [0.3, 0.4) is 0 Å². The van der Waals surface area contributed by atoms with E-state index in [1.807, 2.05) is 19.9 Å². The molecule has 104 valence electrons. The molecule has 0 aromatic heterocycles. The van der Waals surface area contributed by atoms with Crippen molar-refractivity contribution in [1.29, 1.82) is 0 Å². The Bertz CT molecular complexity index is 473. The molecule has 0 radical (unpaired) electrons. The van der Waals surface area contributed by atoms with Crippen LogP contribution in [0, 0.1) is 0 Å². The lowest BCUT2D eigenvalue weighted by Gasteiger charge is -2.26. The maximum atomic E-state index is 11.4. The molecular weight excluding hydrogens is 240 g/mol. The summed E-state index contributed by atoms with van der Waals surface area (Å²) in [6.07, 6.45) is 2.57. The van der Waals surface area contributed by atoms with E-state index in [1.54, 1.807) is 0 Å². The molecule has 0 bridgehead atoms. The fraction of sp³-hybridized carbons (Fsp3) is 0.533. The van der Waals surface area contributed by atoms with Gasteiger partial charge in [-0.05, 0) is 37.0 Å². The maximum absolute atomic E-state index is 11.4. The first-order chi connectivity index (χ1) is 9.05. The van der Waals surface area contributed by atoms with E-state index in [2.05, 4.69) is 17.4 Å². The summed E-state index contributed by atoms with van der Waals surface area (Å²) in [6, 6.07) is 6.31. The van der Waals surface area contributed by atoms with Crippen LogP contribution in [-0.2, 0) is 17.6 Å². The summed E-state index contributed by atoms with van der Waals surface area (Å²) in [6.45, 7) is 5.34. The Labute approximate surface area is 114 Å². The Morgan fingerprint density at radius 3 is 3.00 bits per heavy atom. The first-order valence-electron chi connectivity index (χ1n) is 6.84. The highest BCUT2D eigenvalue weighted by Crippen LogP contribution is 2.25. The highest BCUT2D eigenvalue weighted by atomic mass is 16.5. The average molecular weight is 262 g/mol. The third-order valence-corrected chi connectivity index (χ3v) is 3.93. The summed E-state index contributed by atoms with van der Waals surface area (Å²) >= 11 is 0. The van der Waals surface area contributed by atoms with Crippen molar-refractivity contribution in [3.8, 4) is 5.75 Å². The van der Waals surface area contributed by atoms with Gasteiger partial charge in [0.15, 0.2) is 0 Å². The third kappa shape index (κ3) is 3.07. The lowest BCUT2D eigenvalue weighted by atomic mass is 9.97. The van der Waals surface area contributed by atoms with Crippen LogP contribution in [-0.4, -0.2) is 24.6 Å². The van der Waals surface area contributed by atoms with Gasteiger partial charge in [-0.3, -0.25) is 4.79 Å². The Morgan fingerprint density at radius 2 is 2.32 bits per heavy atom. The number of rotatable bonds is 6. The first kappa shape index (κ1) is 13.9. The van der Waals surface area contributed by atoms with Crippen molar-refractivity contribution in [3.63, 3.8) is 0 Å². The van der Waals surface area contributed by atoms with Gasteiger partial charge in [-0.15, -0.1) is 0 Å². The molecule has 4 heteroatoms. The number of amides is 1. The fourth-order valence-corrected chi connectivity index (χ4v) is 2.26. The molecule has 3 N–H and O–H groups in total. The van der Waals surface area contributed by atoms with Crippen LogP contribution in [0.25, 0.3) is 0 Å². The molecule has 0 fully saturated rings. The Kier molecular flexibility index (Phi) is 4.10. The predicted octanol–water partition coefficient (Wildman–Crippen LogP) is 1.41. The standard InChI is InChI=1S/C15H22N2O2/c1-3-15(2,14(16)18)17-8-6-11-4-5-13-12(10-11)7-9-19-13/h4-5,10,17H,3,6-9H2,1-2H3,(H2,16,18). The zero-order valence-electron chi connectivity index (χ0n) is 11.7. The van der Waals surface area contributed by atoms with Crippen LogP contribution < -0.4 is 15.8 Å². The molecule has 1 aliphatic rings. The number of nitrogens with two attached hydrogens (primary N) is 1. The van der Waals surface area contributed by atoms with Gasteiger partial charge < -0.3 is 15.8 Å². The minimum atomic E-state index is -0.611. The summed E-state index contributed by atoms with van der Waals surface area (Å²) in [4.78, 5) is 11.4. The zero-order chi connectivity index (χ0) is 13.9. The molecule has 1 amide bonds. The number of fused-ring (bicyclic) bond motifs is 1. The molecule has 1 aliphatic heterocycles. The number of benzene rings is 1. The second-order valence-corrected chi connectivity index (χ2v) is 5.27. The van der Waals surface area contributed by atoms with Gasteiger partial charge in [-0.1, -0.05) is 19.1 Å². The number of carbonyl (C=O) groups excluding carboxylic acids is 1. The molecule has 0 saturated carbocycles. The van der Waals surface area contributed by atoms with Crippen molar-refractivity contribution < 1.29 is 9.53 Å². The van der Waals surface area contributed by atoms with Gasteiger partial charge in [0.05, 0.1) is 12.1 Å². The molecule has 1 aromatic carbocycles. The number of carbonyl (C=O) groups is 1. The molecule has 1 atom stereocenters. The Morgan fingerprint density at radius 1 is 1.53 bits per heavy atom. The van der Waals surface area contributed by atoms with Gasteiger partial charge in [-0.25, -0.2) is 0 Å². The molecule has 0 aliphatic carbocycles. The molecule has 19 heavy (non-hydrogen) atoms. The lowest BCUT2D eigenvalue weighted by molar-refractivity contribution is -0.123. The SMILES string of the molecule is CCC(C)(NCCc1ccc2c(c1)CCO2)C(N)=O. The number of hydrogen-bond acceptors (Lipinski definition) is 3. The van der Waals surface area contributed by atoms with Gasteiger partial charge in [0.1, 0.15) is 5.75 Å². The molecule has 4 nitrogen and oxygen atoms in total. The molecular formula is C15H22N2O2. The van der Waals surface area contributed by atoms with Gasteiger partial charge in [0, 0.05) is 13.0 Å². The summed E-state index contributed by atoms with van der Waals surface area (Å²) < 4.78 is 5.48. The van der Waals surface area contributed by atoms with Crippen LogP contribution >= 0.6 is 0 Å². The Balaban J connectivity index is 1.91. The van der Waals surface area contributed by atoms with Crippen molar-refractivity contribution in [2.45, 2.75) is 38.6 Å². The quantitative estimate of drug-likeness (QED) is 0.814. The molecule has 1 aromatic rings. The summed E-state index contributed by atoms with van der Waals surface area (Å²) in [7, 11) is 0. The van der Waals surface area contributed by atoms with Crippen LogP contribution in [0.5, 0.6) is 5.75 Å². The summed E-state index contributed by atoms with van der Waals surface area (Å²) in [5.41, 5.74) is 7.35. The Hall–Kier alpha value is -1.55. The van der Waals surface area contributed by atoms with E-state index in [1.165, 1.54) is 11.1 Å². The number of nitrogens with one attached hydrogen (secondary N) is 1. The monoisotopic (exact) mass is 262 g/mol. The van der Waals surface area contributed by atoms with Crippen molar-refractivity contribution >= 4 is 5.91 Å². The van der Waals surface area contributed by atoms with Gasteiger partial charge in [-0.2, -0.15) is 0 Å². The number of primary amides is 1. The highest BCUT2D eigenvalue weighted by Gasteiger charge is 2.27.